The molecule has 0 spiro atoms. The SMILES string of the molecule is CCCCCCC=C[SiH2]O[SiH2]C=CCCCCCC.Cl. The van der Waals surface area contributed by atoms with Gasteiger partial charge in [0.05, 0.1) is 0 Å². The number of halogens is 1. The maximum absolute atomic E-state index is 5.79. The Labute approximate surface area is 137 Å². The van der Waals surface area contributed by atoms with Gasteiger partial charge in [0.2, 0.25) is 0 Å². The molecule has 0 saturated heterocycles. The van der Waals surface area contributed by atoms with Gasteiger partial charge < -0.3 is 4.12 Å². The van der Waals surface area contributed by atoms with Crippen LogP contribution in [0.4, 0.5) is 0 Å². The first-order valence-corrected chi connectivity index (χ1v) is 11.1. The number of hydrogen-bond donors (Lipinski definition) is 0. The summed E-state index contributed by atoms with van der Waals surface area (Å²) < 4.78 is 5.79. The summed E-state index contributed by atoms with van der Waals surface area (Å²) >= 11 is 0. The predicted octanol–water partition coefficient (Wildman–Crippen LogP) is 4.56. The molecule has 0 heterocycles. The Bertz CT molecular complexity index is 199. The Kier molecular flexibility index (Phi) is 24.1. The molecule has 0 aliphatic heterocycles. The minimum atomic E-state index is -0.346. The van der Waals surface area contributed by atoms with Crippen molar-refractivity contribution >= 4 is 31.9 Å². The fraction of sp³-hybridized carbons (Fsp3) is 0.750. The van der Waals surface area contributed by atoms with Gasteiger partial charge in [0, 0.05) is 0 Å². The molecule has 0 aromatic carbocycles. The highest BCUT2D eigenvalue weighted by Gasteiger charge is 1.86. The third-order valence-corrected chi connectivity index (χ3v) is 6.15. The molecule has 0 fully saturated rings. The van der Waals surface area contributed by atoms with Gasteiger partial charge in [-0.1, -0.05) is 75.9 Å². The van der Waals surface area contributed by atoms with E-state index in [0.717, 1.165) is 0 Å². The summed E-state index contributed by atoms with van der Waals surface area (Å²) in [4.78, 5) is 0. The van der Waals surface area contributed by atoms with Crippen LogP contribution in [0, 0.1) is 0 Å². The molecule has 0 unspecified atom stereocenters. The average Bonchev–Trinajstić information content (AvgIpc) is 2.43. The van der Waals surface area contributed by atoms with Crippen LogP contribution in [-0.2, 0) is 4.12 Å². The highest BCUT2D eigenvalue weighted by atomic mass is 35.5. The van der Waals surface area contributed by atoms with Crippen molar-refractivity contribution in [3.8, 4) is 0 Å². The molecule has 0 aliphatic carbocycles. The van der Waals surface area contributed by atoms with E-state index in [1.165, 1.54) is 64.2 Å². The maximum Gasteiger partial charge on any atom is 0.170 e. The van der Waals surface area contributed by atoms with Crippen LogP contribution in [0.3, 0.4) is 0 Å². The zero-order chi connectivity index (χ0) is 14.0. The second-order valence-corrected chi connectivity index (χ2v) is 8.42. The highest BCUT2D eigenvalue weighted by Crippen LogP contribution is 2.03. The van der Waals surface area contributed by atoms with Gasteiger partial charge in [-0.25, -0.2) is 0 Å². The molecule has 0 atom stereocenters. The minimum Gasteiger partial charge on any atom is -0.459 e. The van der Waals surface area contributed by atoms with Crippen LogP contribution in [0.15, 0.2) is 23.6 Å². The molecule has 0 saturated carbocycles. The summed E-state index contributed by atoms with van der Waals surface area (Å²) in [5, 5.41) is 0. The Morgan fingerprint density at radius 3 is 1.55 bits per heavy atom. The average molecular weight is 335 g/mol. The van der Waals surface area contributed by atoms with E-state index in [9.17, 15) is 0 Å². The van der Waals surface area contributed by atoms with Crippen LogP contribution in [0.5, 0.6) is 0 Å². The Balaban J connectivity index is 0. The number of unbranched alkanes of at least 4 members (excludes halogenated alkanes) is 8. The number of hydrogen-bond acceptors (Lipinski definition) is 1. The van der Waals surface area contributed by atoms with Crippen molar-refractivity contribution in [1.82, 2.24) is 0 Å². The number of allylic oxidation sites excluding steroid dienone is 2. The third-order valence-electron chi connectivity index (χ3n) is 3.21. The zero-order valence-electron chi connectivity index (χ0n) is 13.6. The number of rotatable bonds is 14. The Hall–Kier alpha value is 0.164. The van der Waals surface area contributed by atoms with Crippen LogP contribution < -0.4 is 0 Å². The molecule has 0 bridgehead atoms. The van der Waals surface area contributed by atoms with Gasteiger partial charge in [0.15, 0.2) is 19.5 Å². The van der Waals surface area contributed by atoms with Crippen molar-refractivity contribution in [2.75, 3.05) is 0 Å². The lowest BCUT2D eigenvalue weighted by Crippen LogP contribution is -1.98. The first-order valence-electron chi connectivity index (χ1n) is 8.29. The molecule has 120 valence electrons. The summed E-state index contributed by atoms with van der Waals surface area (Å²) in [6.07, 6.45) is 18.1. The van der Waals surface area contributed by atoms with Crippen LogP contribution in [0.25, 0.3) is 0 Å². The molecule has 0 radical (unpaired) electrons. The third kappa shape index (κ3) is 20.5. The van der Waals surface area contributed by atoms with E-state index in [1.807, 2.05) is 0 Å². The molecule has 1 nitrogen and oxygen atoms in total. The van der Waals surface area contributed by atoms with E-state index >= 15 is 0 Å². The van der Waals surface area contributed by atoms with Gasteiger partial charge in [-0.15, -0.1) is 12.4 Å². The van der Waals surface area contributed by atoms with Gasteiger partial charge in [-0.3, -0.25) is 0 Å². The van der Waals surface area contributed by atoms with E-state index in [1.54, 1.807) is 0 Å². The first kappa shape index (κ1) is 22.4. The van der Waals surface area contributed by atoms with Crippen molar-refractivity contribution < 1.29 is 4.12 Å². The molecule has 0 aliphatic rings. The van der Waals surface area contributed by atoms with Gasteiger partial charge in [-0.2, -0.15) is 0 Å². The fourth-order valence-electron chi connectivity index (χ4n) is 1.95. The van der Waals surface area contributed by atoms with Crippen LogP contribution in [-0.4, -0.2) is 19.5 Å². The Morgan fingerprint density at radius 2 is 1.15 bits per heavy atom. The predicted molar refractivity (Wildman–Crippen MR) is 101 cm³/mol. The topological polar surface area (TPSA) is 9.23 Å². The molecular formula is C16H35ClOSi2. The second kappa shape index (κ2) is 21.5. The monoisotopic (exact) mass is 334 g/mol. The smallest absolute Gasteiger partial charge is 0.170 e. The largest absolute Gasteiger partial charge is 0.459 e. The molecule has 4 heteroatoms. The Morgan fingerprint density at radius 1 is 0.700 bits per heavy atom. The highest BCUT2D eigenvalue weighted by molar-refractivity contribution is 6.49. The minimum absolute atomic E-state index is 0. The van der Waals surface area contributed by atoms with Crippen molar-refractivity contribution in [2.24, 2.45) is 0 Å². The van der Waals surface area contributed by atoms with Crippen molar-refractivity contribution in [2.45, 2.75) is 78.1 Å². The first-order chi connectivity index (χ1) is 9.41. The molecule has 0 N–H and O–H groups in total. The van der Waals surface area contributed by atoms with E-state index in [2.05, 4.69) is 37.4 Å². The standard InChI is InChI=1S/C16H34OSi2.ClH/c1-3-5-7-9-11-13-15-18-17-19-16-14-12-10-8-6-4-2;/h13-16H,3-12,18-19H2,1-2H3;1H. The van der Waals surface area contributed by atoms with Crippen molar-refractivity contribution in [3.05, 3.63) is 23.6 Å². The van der Waals surface area contributed by atoms with Gasteiger partial charge in [-0.05, 0) is 25.7 Å². The fourth-order valence-corrected chi connectivity index (χ4v) is 4.33. The van der Waals surface area contributed by atoms with E-state index < -0.39 is 0 Å². The summed E-state index contributed by atoms with van der Waals surface area (Å²) in [6.45, 7) is 4.52. The summed E-state index contributed by atoms with van der Waals surface area (Å²) in [5.41, 5.74) is 4.65. The van der Waals surface area contributed by atoms with E-state index in [-0.39, 0.29) is 31.9 Å². The van der Waals surface area contributed by atoms with Crippen LogP contribution >= 0.6 is 12.4 Å². The van der Waals surface area contributed by atoms with E-state index in [4.69, 9.17) is 4.12 Å². The molecule has 20 heavy (non-hydrogen) atoms. The van der Waals surface area contributed by atoms with Crippen LogP contribution in [0.1, 0.15) is 78.1 Å². The molecule has 0 aromatic heterocycles. The summed E-state index contributed by atoms with van der Waals surface area (Å²) in [5.74, 6) is 0. The summed E-state index contributed by atoms with van der Waals surface area (Å²) in [7, 11) is -0.692. The second-order valence-electron chi connectivity index (χ2n) is 5.18. The molecular weight excluding hydrogens is 300 g/mol. The van der Waals surface area contributed by atoms with Crippen molar-refractivity contribution in [3.63, 3.8) is 0 Å². The lowest BCUT2D eigenvalue weighted by Gasteiger charge is -1.96. The van der Waals surface area contributed by atoms with E-state index in [0.29, 0.717) is 0 Å². The maximum atomic E-state index is 5.79. The lowest BCUT2D eigenvalue weighted by molar-refractivity contribution is 0.657. The van der Waals surface area contributed by atoms with Gasteiger partial charge in [0.25, 0.3) is 0 Å². The quantitative estimate of drug-likeness (QED) is 0.334. The van der Waals surface area contributed by atoms with Crippen molar-refractivity contribution in [1.29, 1.82) is 0 Å². The molecule has 0 aromatic rings. The normalized spacial score (nSPS) is 12.5. The van der Waals surface area contributed by atoms with Gasteiger partial charge in [0.1, 0.15) is 0 Å². The van der Waals surface area contributed by atoms with Crippen LogP contribution in [0.2, 0.25) is 0 Å². The molecule has 0 rings (SSSR count). The lowest BCUT2D eigenvalue weighted by atomic mass is 10.2. The zero-order valence-corrected chi connectivity index (χ0v) is 17.3. The molecule has 0 amide bonds. The summed E-state index contributed by atoms with van der Waals surface area (Å²) in [6, 6.07) is 0. The van der Waals surface area contributed by atoms with Gasteiger partial charge >= 0.3 is 0 Å².